The molecule has 2 N–H and O–H groups in total. The molecule has 9 heteroatoms. The minimum atomic E-state index is -1.10. The zero-order valence-electron chi connectivity index (χ0n) is 19.8. The lowest BCUT2D eigenvalue weighted by Gasteiger charge is -2.36. The summed E-state index contributed by atoms with van der Waals surface area (Å²) >= 11 is 0. The lowest BCUT2D eigenvalue weighted by atomic mass is 9.98. The SMILES string of the molecule is CC(C)[C@@H](NC(=O)OCC1c2ccccc2-c2ccccc21)C(=O)N1CCN(CC(=O)O)C(=O)C1. The van der Waals surface area contributed by atoms with Crippen LogP contribution in [0.25, 0.3) is 11.1 Å². The van der Waals surface area contributed by atoms with Gasteiger partial charge in [-0.1, -0.05) is 62.4 Å². The van der Waals surface area contributed by atoms with Crippen LogP contribution in [0.3, 0.4) is 0 Å². The van der Waals surface area contributed by atoms with Crippen molar-refractivity contribution in [2.45, 2.75) is 25.8 Å². The van der Waals surface area contributed by atoms with E-state index in [-0.39, 0.29) is 38.1 Å². The summed E-state index contributed by atoms with van der Waals surface area (Å²) in [6, 6.07) is 15.2. The first-order valence-electron chi connectivity index (χ1n) is 11.7. The lowest BCUT2D eigenvalue weighted by molar-refractivity contribution is -0.151. The van der Waals surface area contributed by atoms with E-state index in [0.29, 0.717) is 0 Å². The molecule has 0 saturated carbocycles. The number of carboxylic acid groups (broad SMARTS) is 1. The van der Waals surface area contributed by atoms with Gasteiger partial charge in [-0.05, 0) is 28.2 Å². The van der Waals surface area contributed by atoms with Crippen molar-refractivity contribution in [3.05, 3.63) is 59.7 Å². The molecule has 184 valence electrons. The molecule has 2 aromatic carbocycles. The molecule has 0 radical (unpaired) electrons. The second kappa shape index (κ2) is 10.2. The average molecular weight is 480 g/mol. The molecule has 1 aliphatic carbocycles. The van der Waals surface area contributed by atoms with Crippen LogP contribution in [-0.2, 0) is 19.1 Å². The van der Waals surface area contributed by atoms with Crippen LogP contribution >= 0.6 is 0 Å². The summed E-state index contributed by atoms with van der Waals surface area (Å²) in [5.74, 6) is -2.26. The van der Waals surface area contributed by atoms with Crippen molar-refractivity contribution in [1.29, 1.82) is 0 Å². The number of alkyl carbamates (subject to hydrolysis) is 1. The number of nitrogens with zero attached hydrogens (tertiary/aromatic N) is 2. The summed E-state index contributed by atoms with van der Waals surface area (Å²) in [5.41, 5.74) is 4.43. The lowest BCUT2D eigenvalue weighted by Crippen LogP contribution is -2.58. The summed E-state index contributed by atoms with van der Waals surface area (Å²) < 4.78 is 5.58. The molecule has 0 spiro atoms. The highest BCUT2D eigenvalue weighted by Crippen LogP contribution is 2.44. The van der Waals surface area contributed by atoms with Crippen molar-refractivity contribution < 1.29 is 29.0 Å². The van der Waals surface area contributed by atoms with Crippen LogP contribution in [0.2, 0.25) is 0 Å². The van der Waals surface area contributed by atoms with Crippen LogP contribution < -0.4 is 5.32 Å². The molecule has 9 nitrogen and oxygen atoms in total. The Morgan fingerprint density at radius 1 is 1.03 bits per heavy atom. The van der Waals surface area contributed by atoms with Gasteiger partial charge in [0, 0.05) is 19.0 Å². The topological polar surface area (TPSA) is 116 Å². The molecule has 4 rings (SSSR count). The van der Waals surface area contributed by atoms with Crippen molar-refractivity contribution in [3.63, 3.8) is 0 Å². The highest BCUT2D eigenvalue weighted by Gasteiger charge is 2.35. The highest BCUT2D eigenvalue weighted by atomic mass is 16.5. The van der Waals surface area contributed by atoms with Gasteiger partial charge in [-0.2, -0.15) is 0 Å². The van der Waals surface area contributed by atoms with E-state index < -0.39 is 36.5 Å². The third kappa shape index (κ3) is 5.13. The predicted molar refractivity (Wildman–Crippen MR) is 128 cm³/mol. The monoisotopic (exact) mass is 479 g/mol. The number of nitrogens with one attached hydrogen (secondary N) is 1. The minimum Gasteiger partial charge on any atom is -0.480 e. The van der Waals surface area contributed by atoms with E-state index in [4.69, 9.17) is 9.84 Å². The quantitative estimate of drug-likeness (QED) is 0.630. The molecular weight excluding hydrogens is 450 g/mol. The fourth-order valence-electron chi connectivity index (χ4n) is 4.70. The van der Waals surface area contributed by atoms with Gasteiger partial charge in [0.2, 0.25) is 11.8 Å². The number of carbonyl (C=O) groups is 4. The number of benzene rings is 2. The molecule has 1 heterocycles. The summed E-state index contributed by atoms with van der Waals surface area (Å²) in [5, 5.41) is 11.6. The maximum absolute atomic E-state index is 13.1. The predicted octanol–water partition coefficient (Wildman–Crippen LogP) is 2.31. The van der Waals surface area contributed by atoms with E-state index in [1.165, 1.54) is 9.80 Å². The minimum absolute atomic E-state index is 0.0960. The van der Waals surface area contributed by atoms with Crippen LogP contribution in [0.15, 0.2) is 48.5 Å². The van der Waals surface area contributed by atoms with Gasteiger partial charge in [0.1, 0.15) is 19.2 Å². The van der Waals surface area contributed by atoms with E-state index in [0.717, 1.165) is 22.3 Å². The second-order valence-electron chi connectivity index (χ2n) is 9.16. The molecule has 2 aliphatic rings. The Morgan fingerprint density at radius 2 is 1.63 bits per heavy atom. The van der Waals surface area contributed by atoms with E-state index >= 15 is 0 Å². The zero-order chi connectivity index (χ0) is 25.1. The molecule has 1 atom stereocenters. The number of ether oxygens (including phenoxy) is 1. The Morgan fingerprint density at radius 3 is 2.17 bits per heavy atom. The summed E-state index contributed by atoms with van der Waals surface area (Å²) in [7, 11) is 0. The molecule has 0 bridgehead atoms. The van der Waals surface area contributed by atoms with Crippen molar-refractivity contribution in [1.82, 2.24) is 15.1 Å². The third-order valence-electron chi connectivity index (χ3n) is 6.51. The maximum Gasteiger partial charge on any atom is 0.407 e. The van der Waals surface area contributed by atoms with Crippen LogP contribution in [0.1, 0.15) is 30.9 Å². The van der Waals surface area contributed by atoms with Gasteiger partial charge in [-0.25, -0.2) is 4.79 Å². The summed E-state index contributed by atoms with van der Waals surface area (Å²) in [6.45, 7) is 3.45. The Labute approximate surface area is 203 Å². The average Bonchev–Trinajstić information content (AvgIpc) is 3.15. The molecule has 0 aromatic heterocycles. The van der Waals surface area contributed by atoms with Gasteiger partial charge in [0.25, 0.3) is 0 Å². The normalized spacial score (nSPS) is 16.0. The van der Waals surface area contributed by atoms with Crippen molar-refractivity contribution in [2.24, 2.45) is 5.92 Å². The standard InChI is InChI=1S/C26H29N3O6/c1-16(2)24(25(33)29-12-11-28(14-23(31)32)22(30)13-29)27-26(34)35-15-21-19-9-5-3-7-17(19)18-8-4-6-10-20(18)21/h3-10,16,21,24H,11-15H2,1-2H3,(H,27,34)(H,31,32)/t24-/m1/s1. The fraction of sp³-hybridized carbons (Fsp3) is 0.385. The number of hydrogen-bond acceptors (Lipinski definition) is 5. The van der Waals surface area contributed by atoms with Crippen LogP contribution in [0.4, 0.5) is 4.79 Å². The van der Waals surface area contributed by atoms with Crippen molar-refractivity contribution >= 4 is 23.9 Å². The van der Waals surface area contributed by atoms with Crippen LogP contribution in [-0.4, -0.2) is 77.6 Å². The molecule has 2 aromatic rings. The number of carbonyl (C=O) groups excluding carboxylic acids is 3. The number of aliphatic carboxylic acids is 1. The number of piperazine rings is 1. The molecule has 1 saturated heterocycles. The number of carboxylic acids is 1. The highest BCUT2D eigenvalue weighted by molar-refractivity contribution is 5.91. The van der Waals surface area contributed by atoms with Gasteiger partial charge in [0.05, 0.1) is 6.54 Å². The van der Waals surface area contributed by atoms with E-state index in [2.05, 4.69) is 17.4 Å². The number of amides is 3. The van der Waals surface area contributed by atoms with Gasteiger partial charge < -0.3 is 25.0 Å². The maximum atomic E-state index is 13.1. The van der Waals surface area contributed by atoms with Gasteiger partial charge in [-0.15, -0.1) is 0 Å². The van der Waals surface area contributed by atoms with Crippen molar-refractivity contribution in [3.8, 4) is 11.1 Å². The number of rotatable bonds is 7. The Hall–Kier alpha value is -3.88. The van der Waals surface area contributed by atoms with E-state index in [1.54, 1.807) is 13.8 Å². The zero-order valence-corrected chi connectivity index (χ0v) is 19.8. The third-order valence-corrected chi connectivity index (χ3v) is 6.51. The van der Waals surface area contributed by atoms with Gasteiger partial charge in [0.15, 0.2) is 0 Å². The van der Waals surface area contributed by atoms with Crippen molar-refractivity contribution in [2.75, 3.05) is 32.8 Å². The molecule has 3 amide bonds. The largest absolute Gasteiger partial charge is 0.480 e. The Kier molecular flexibility index (Phi) is 7.04. The molecular formula is C26H29N3O6. The number of hydrogen-bond donors (Lipinski definition) is 2. The summed E-state index contributed by atoms with van der Waals surface area (Å²) in [4.78, 5) is 51.6. The van der Waals surface area contributed by atoms with Crippen LogP contribution in [0.5, 0.6) is 0 Å². The fourth-order valence-corrected chi connectivity index (χ4v) is 4.70. The first-order valence-corrected chi connectivity index (χ1v) is 11.7. The van der Waals surface area contributed by atoms with E-state index in [9.17, 15) is 19.2 Å². The summed E-state index contributed by atoms with van der Waals surface area (Å²) in [6.07, 6.45) is -0.699. The molecule has 1 aliphatic heterocycles. The Balaban J connectivity index is 1.38. The molecule has 0 unspecified atom stereocenters. The number of fused-ring (bicyclic) bond motifs is 3. The molecule has 1 fully saturated rings. The first-order chi connectivity index (χ1) is 16.8. The molecule has 35 heavy (non-hydrogen) atoms. The first kappa shape index (κ1) is 24.3. The van der Waals surface area contributed by atoms with E-state index in [1.807, 2.05) is 36.4 Å². The van der Waals surface area contributed by atoms with Crippen LogP contribution in [0, 0.1) is 5.92 Å². The van der Waals surface area contributed by atoms with Gasteiger partial charge in [-0.3, -0.25) is 14.4 Å². The Bertz CT molecular complexity index is 1100. The second-order valence-corrected chi connectivity index (χ2v) is 9.16. The van der Waals surface area contributed by atoms with Gasteiger partial charge >= 0.3 is 12.1 Å². The smallest absolute Gasteiger partial charge is 0.407 e.